The zero-order valence-corrected chi connectivity index (χ0v) is 21.4. The van der Waals surface area contributed by atoms with Crippen LogP contribution in [0.2, 0.25) is 0 Å². The van der Waals surface area contributed by atoms with Crippen molar-refractivity contribution in [2.45, 2.75) is 91.3 Å². The van der Waals surface area contributed by atoms with Crippen molar-refractivity contribution < 1.29 is 19.5 Å². The smallest absolute Gasteiger partial charge is 0.246 e. The lowest BCUT2D eigenvalue weighted by atomic mass is 9.94. The van der Waals surface area contributed by atoms with Crippen molar-refractivity contribution in [1.82, 2.24) is 10.2 Å². The molecule has 0 aliphatic rings. The molecule has 3 amide bonds. The molecule has 0 saturated carbocycles. The molecular weight excluding hydrogens is 432 g/mol. The lowest BCUT2D eigenvalue weighted by Gasteiger charge is -2.36. The second kappa shape index (κ2) is 14.6. The molecule has 1 aromatic carbocycles. The number of hydrogen-bond donors (Lipinski definition) is 4. The highest BCUT2D eigenvalue weighted by atomic mass is 16.3. The van der Waals surface area contributed by atoms with E-state index in [2.05, 4.69) is 12.2 Å². The number of nitrogens with two attached hydrogens (primary N) is 2. The molecule has 1 rings (SSSR count). The van der Waals surface area contributed by atoms with Crippen molar-refractivity contribution in [3.8, 4) is 5.75 Å². The van der Waals surface area contributed by atoms with Crippen molar-refractivity contribution in [3.05, 3.63) is 29.8 Å². The van der Waals surface area contributed by atoms with Crippen molar-refractivity contribution in [2.24, 2.45) is 23.3 Å². The summed E-state index contributed by atoms with van der Waals surface area (Å²) in [7, 11) is 0. The van der Waals surface area contributed by atoms with Gasteiger partial charge in [-0.25, -0.2) is 0 Å². The number of amides is 3. The van der Waals surface area contributed by atoms with E-state index in [1.54, 1.807) is 17.0 Å². The zero-order chi connectivity index (χ0) is 25.8. The molecule has 0 aromatic heterocycles. The van der Waals surface area contributed by atoms with E-state index in [4.69, 9.17) is 11.5 Å². The van der Waals surface area contributed by atoms with Gasteiger partial charge in [0.05, 0.1) is 6.04 Å². The molecule has 0 fully saturated rings. The van der Waals surface area contributed by atoms with Gasteiger partial charge in [-0.3, -0.25) is 14.4 Å². The summed E-state index contributed by atoms with van der Waals surface area (Å²) in [5.74, 6) is -1.44. The molecule has 8 nitrogen and oxygen atoms in total. The van der Waals surface area contributed by atoms with Crippen molar-refractivity contribution in [2.75, 3.05) is 6.54 Å². The van der Waals surface area contributed by atoms with Crippen LogP contribution in [0.25, 0.3) is 0 Å². The first kappa shape index (κ1) is 29.4. The standard InChI is InChI=1S/C26H44N4O4/c1-6-8-9-10-15-30(23(24(28)32)18(5)7-2)26(34)21(29-25(33)22(27)17(3)4)16-19-11-13-20(31)14-12-19/h11-14,17-18,21-23,31H,6-10,15-16,27H2,1-5H3,(H2,28,32)(H,29,33)/t18-,21-,22-,23-/m0/s1. The van der Waals surface area contributed by atoms with E-state index in [9.17, 15) is 19.5 Å². The Hall–Kier alpha value is -2.61. The molecule has 8 heteroatoms. The average Bonchev–Trinajstić information content (AvgIpc) is 2.80. The minimum absolute atomic E-state index is 0.104. The molecule has 34 heavy (non-hydrogen) atoms. The molecule has 1 aromatic rings. The Morgan fingerprint density at radius 3 is 2.15 bits per heavy atom. The molecule has 4 atom stereocenters. The monoisotopic (exact) mass is 476 g/mol. The topological polar surface area (TPSA) is 139 Å². The van der Waals surface area contributed by atoms with E-state index in [1.807, 2.05) is 27.7 Å². The van der Waals surface area contributed by atoms with E-state index in [1.165, 1.54) is 12.1 Å². The first-order valence-electron chi connectivity index (χ1n) is 12.5. The third kappa shape index (κ3) is 8.97. The number of nitrogens with one attached hydrogen (secondary N) is 1. The minimum Gasteiger partial charge on any atom is -0.508 e. The van der Waals surface area contributed by atoms with E-state index in [-0.39, 0.29) is 29.9 Å². The second-order valence-electron chi connectivity index (χ2n) is 9.53. The largest absolute Gasteiger partial charge is 0.508 e. The Morgan fingerprint density at radius 2 is 1.65 bits per heavy atom. The normalized spacial score (nSPS) is 14.8. The maximum atomic E-state index is 13.9. The predicted molar refractivity (Wildman–Crippen MR) is 135 cm³/mol. The molecule has 192 valence electrons. The molecule has 0 spiro atoms. The van der Waals surface area contributed by atoms with E-state index in [0.717, 1.165) is 31.2 Å². The quantitative estimate of drug-likeness (QED) is 0.288. The molecule has 0 saturated heterocycles. The molecule has 0 radical (unpaired) electrons. The molecule has 0 heterocycles. The van der Waals surface area contributed by atoms with Gasteiger partial charge in [0.2, 0.25) is 17.7 Å². The Bertz CT molecular complexity index is 782. The summed E-state index contributed by atoms with van der Waals surface area (Å²) in [5, 5.41) is 12.4. The SMILES string of the molecule is CCCCCCN(C(=O)[C@H](Cc1ccc(O)cc1)NC(=O)[C@@H](N)C(C)C)[C@H](C(N)=O)[C@@H](C)CC. The summed E-state index contributed by atoms with van der Waals surface area (Å²) in [6.45, 7) is 10.0. The number of hydrogen-bond acceptors (Lipinski definition) is 5. The number of rotatable bonds is 15. The van der Waals surface area contributed by atoms with Gasteiger partial charge in [0.15, 0.2) is 0 Å². The number of phenols is 1. The maximum Gasteiger partial charge on any atom is 0.246 e. The van der Waals surface area contributed by atoms with Gasteiger partial charge >= 0.3 is 0 Å². The van der Waals surface area contributed by atoms with Crippen LogP contribution in [-0.4, -0.2) is 52.4 Å². The summed E-state index contributed by atoms with van der Waals surface area (Å²) in [6, 6.07) is 4.02. The number of phenolic OH excluding ortho intramolecular Hbond substituents is 1. The Kier molecular flexibility index (Phi) is 12.6. The van der Waals surface area contributed by atoms with Crippen LogP contribution in [0.5, 0.6) is 5.75 Å². The molecule has 6 N–H and O–H groups in total. The van der Waals surface area contributed by atoms with Gasteiger partial charge in [0.25, 0.3) is 0 Å². The number of unbranched alkanes of at least 4 members (excludes halogenated alkanes) is 3. The van der Waals surface area contributed by atoms with Crippen LogP contribution in [0.15, 0.2) is 24.3 Å². The minimum atomic E-state index is -0.918. The summed E-state index contributed by atoms with van der Waals surface area (Å²) in [4.78, 5) is 40.7. The van der Waals surface area contributed by atoms with Gasteiger partial charge in [0.1, 0.15) is 17.8 Å². The Labute approximate surface area is 204 Å². The zero-order valence-electron chi connectivity index (χ0n) is 21.4. The van der Waals surface area contributed by atoms with Gasteiger partial charge in [-0.1, -0.05) is 72.4 Å². The van der Waals surface area contributed by atoms with Crippen LogP contribution in [0.4, 0.5) is 0 Å². The maximum absolute atomic E-state index is 13.9. The lowest BCUT2D eigenvalue weighted by Crippen LogP contribution is -2.59. The number of aromatic hydroxyl groups is 1. The predicted octanol–water partition coefficient (Wildman–Crippen LogP) is 2.71. The van der Waals surface area contributed by atoms with Crippen molar-refractivity contribution >= 4 is 17.7 Å². The van der Waals surface area contributed by atoms with Gasteiger partial charge in [-0.2, -0.15) is 0 Å². The molecule has 0 bridgehead atoms. The number of benzene rings is 1. The van der Waals surface area contributed by atoms with Crippen LogP contribution in [0.1, 0.15) is 72.3 Å². The van der Waals surface area contributed by atoms with E-state index >= 15 is 0 Å². The van der Waals surface area contributed by atoms with Crippen LogP contribution < -0.4 is 16.8 Å². The molecular formula is C26H44N4O4. The van der Waals surface area contributed by atoms with Gasteiger partial charge in [-0.15, -0.1) is 0 Å². The van der Waals surface area contributed by atoms with Gasteiger partial charge in [-0.05, 0) is 36.0 Å². The summed E-state index contributed by atoms with van der Waals surface area (Å²) in [5.41, 5.74) is 12.6. The van der Waals surface area contributed by atoms with Gasteiger partial charge in [0, 0.05) is 13.0 Å². The van der Waals surface area contributed by atoms with Crippen molar-refractivity contribution in [1.29, 1.82) is 0 Å². The summed E-state index contributed by atoms with van der Waals surface area (Å²) in [6.07, 6.45) is 4.63. The second-order valence-corrected chi connectivity index (χ2v) is 9.53. The van der Waals surface area contributed by atoms with Crippen LogP contribution in [0.3, 0.4) is 0 Å². The third-order valence-electron chi connectivity index (χ3n) is 6.36. The fraction of sp³-hybridized carbons (Fsp3) is 0.654. The summed E-state index contributed by atoms with van der Waals surface area (Å²) >= 11 is 0. The Morgan fingerprint density at radius 1 is 1.03 bits per heavy atom. The highest BCUT2D eigenvalue weighted by molar-refractivity contribution is 5.93. The van der Waals surface area contributed by atoms with Crippen LogP contribution >= 0.6 is 0 Å². The first-order chi connectivity index (χ1) is 16.0. The molecule has 0 unspecified atom stereocenters. The fourth-order valence-electron chi connectivity index (χ4n) is 3.90. The van der Waals surface area contributed by atoms with Crippen molar-refractivity contribution in [3.63, 3.8) is 0 Å². The highest BCUT2D eigenvalue weighted by Gasteiger charge is 2.36. The highest BCUT2D eigenvalue weighted by Crippen LogP contribution is 2.20. The number of primary amides is 1. The lowest BCUT2D eigenvalue weighted by molar-refractivity contribution is -0.144. The van der Waals surface area contributed by atoms with E-state index in [0.29, 0.717) is 13.0 Å². The van der Waals surface area contributed by atoms with Crippen LogP contribution in [0, 0.1) is 11.8 Å². The van der Waals surface area contributed by atoms with Crippen LogP contribution in [-0.2, 0) is 20.8 Å². The first-order valence-corrected chi connectivity index (χ1v) is 12.5. The number of nitrogens with zero attached hydrogens (tertiary/aromatic N) is 1. The van der Waals surface area contributed by atoms with Gasteiger partial charge < -0.3 is 26.8 Å². The fourth-order valence-corrected chi connectivity index (χ4v) is 3.90. The summed E-state index contributed by atoms with van der Waals surface area (Å²) < 4.78 is 0. The molecule has 0 aliphatic heterocycles. The molecule has 0 aliphatic carbocycles. The Balaban J connectivity index is 3.32. The third-order valence-corrected chi connectivity index (χ3v) is 6.36. The number of carbonyl (C=O) groups excluding carboxylic acids is 3. The van der Waals surface area contributed by atoms with E-state index < -0.39 is 29.9 Å². The average molecular weight is 477 g/mol. The number of carbonyl (C=O) groups is 3.